The first-order valence-corrected chi connectivity index (χ1v) is 9.90. The Kier molecular flexibility index (Phi) is 7.89. The fourth-order valence-corrected chi connectivity index (χ4v) is 3.11. The van der Waals surface area contributed by atoms with E-state index in [1.54, 1.807) is 0 Å². The third-order valence-corrected chi connectivity index (χ3v) is 4.48. The number of carbonyl (C=O) groups is 1. The Labute approximate surface area is 169 Å². The third kappa shape index (κ3) is 6.95. The minimum absolute atomic E-state index is 0.148. The van der Waals surface area contributed by atoms with Crippen molar-refractivity contribution < 1.29 is 9.53 Å². The van der Waals surface area contributed by atoms with Crippen molar-refractivity contribution in [3.05, 3.63) is 42.4 Å². The number of nitrogens with one attached hydrogen (secondary N) is 3. The van der Waals surface area contributed by atoms with E-state index in [0.29, 0.717) is 6.54 Å². The summed E-state index contributed by atoms with van der Waals surface area (Å²) in [5.41, 5.74) is 1.68. The van der Waals surface area contributed by atoms with Gasteiger partial charge in [-0.1, -0.05) is 30.3 Å². The van der Waals surface area contributed by atoms with Crippen LogP contribution in [0.25, 0.3) is 11.3 Å². The van der Waals surface area contributed by atoms with Gasteiger partial charge in [0.25, 0.3) is 0 Å². The van der Waals surface area contributed by atoms with Gasteiger partial charge in [-0.05, 0) is 45.6 Å². The summed E-state index contributed by atoms with van der Waals surface area (Å²) in [4.78, 5) is 19.5. The van der Waals surface area contributed by atoms with Gasteiger partial charge in [0, 0.05) is 29.4 Å². The summed E-state index contributed by atoms with van der Waals surface area (Å²) in [6.45, 7) is 6.18. The van der Waals surface area contributed by atoms with Crippen LogP contribution in [-0.2, 0) is 4.74 Å². The summed E-state index contributed by atoms with van der Waals surface area (Å²) in [5.74, 6) is 0.929. The standard InChI is InChI=1S/C19H27IN4O2/c1-19(2,3)26-18(25)21-12-8-7-11-15(24-20)17-22-13-16(23-17)14-9-5-4-6-10-14/h4-6,9-10,13,15,24H,7-8,11-12H2,1-3H3,(H,21,25)(H,22,23)/t15-/m0/s1. The van der Waals surface area contributed by atoms with Crippen LogP contribution in [0.5, 0.6) is 0 Å². The largest absolute Gasteiger partial charge is 0.444 e. The number of halogens is 1. The summed E-state index contributed by atoms with van der Waals surface area (Å²) >= 11 is 2.16. The summed E-state index contributed by atoms with van der Waals surface area (Å²) in [5, 5.41) is 2.79. The molecule has 1 amide bonds. The molecule has 0 fully saturated rings. The van der Waals surface area contributed by atoms with Gasteiger partial charge in [0.2, 0.25) is 0 Å². The van der Waals surface area contributed by atoms with E-state index in [1.807, 2.05) is 45.2 Å². The van der Waals surface area contributed by atoms with E-state index in [4.69, 9.17) is 4.74 Å². The number of rotatable bonds is 8. The second-order valence-electron chi connectivity index (χ2n) is 7.13. The van der Waals surface area contributed by atoms with E-state index < -0.39 is 5.60 Å². The molecular weight excluding hydrogens is 443 g/mol. The molecule has 1 aromatic heterocycles. The first-order chi connectivity index (χ1) is 12.4. The average molecular weight is 470 g/mol. The lowest BCUT2D eigenvalue weighted by molar-refractivity contribution is 0.0527. The van der Waals surface area contributed by atoms with Crippen LogP contribution >= 0.6 is 22.9 Å². The number of nitrogens with zero attached hydrogens (tertiary/aromatic N) is 1. The molecule has 0 saturated heterocycles. The molecule has 1 heterocycles. The SMILES string of the molecule is CC(C)(C)OC(=O)NCCCC[C@H](NI)c1ncc(-c2ccccc2)[nH]1. The smallest absolute Gasteiger partial charge is 0.407 e. The Morgan fingerprint density at radius 2 is 2.00 bits per heavy atom. The predicted octanol–water partition coefficient (Wildman–Crippen LogP) is 4.75. The molecule has 0 saturated carbocycles. The zero-order valence-electron chi connectivity index (χ0n) is 15.5. The highest BCUT2D eigenvalue weighted by Crippen LogP contribution is 2.22. The number of carbonyl (C=O) groups excluding carboxylic acids is 1. The molecule has 1 atom stereocenters. The Hall–Kier alpha value is -1.61. The molecule has 142 valence electrons. The molecule has 6 nitrogen and oxygen atoms in total. The summed E-state index contributed by atoms with van der Waals surface area (Å²) in [6, 6.07) is 10.3. The number of benzene rings is 1. The van der Waals surface area contributed by atoms with Crippen LogP contribution in [0, 0.1) is 0 Å². The van der Waals surface area contributed by atoms with Crippen molar-refractivity contribution >= 4 is 29.0 Å². The van der Waals surface area contributed by atoms with Crippen molar-refractivity contribution in [2.45, 2.75) is 51.7 Å². The normalized spacial score (nSPS) is 12.6. The van der Waals surface area contributed by atoms with Crippen molar-refractivity contribution in [2.75, 3.05) is 6.54 Å². The lowest BCUT2D eigenvalue weighted by Gasteiger charge is -2.19. The van der Waals surface area contributed by atoms with Crippen LogP contribution < -0.4 is 8.85 Å². The summed E-state index contributed by atoms with van der Waals surface area (Å²) in [6.07, 6.45) is 4.30. The molecule has 0 aliphatic carbocycles. The Morgan fingerprint density at radius 1 is 1.27 bits per heavy atom. The fraction of sp³-hybridized carbons (Fsp3) is 0.474. The molecule has 2 aromatic rings. The van der Waals surface area contributed by atoms with Crippen molar-refractivity contribution in [2.24, 2.45) is 0 Å². The third-order valence-electron chi connectivity index (χ3n) is 3.73. The molecule has 3 N–H and O–H groups in total. The zero-order valence-corrected chi connectivity index (χ0v) is 17.7. The number of alkyl carbamates (subject to hydrolysis) is 1. The highest BCUT2D eigenvalue weighted by atomic mass is 127. The predicted molar refractivity (Wildman–Crippen MR) is 112 cm³/mol. The van der Waals surface area contributed by atoms with Crippen LogP contribution in [-0.4, -0.2) is 28.2 Å². The van der Waals surface area contributed by atoms with Gasteiger partial charge >= 0.3 is 6.09 Å². The highest BCUT2D eigenvalue weighted by molar-refractivity contribution is 14.1. The molecule has 0 radical (unpaired) electrons. The number of amides is 1. The number of hydrogen-bond acceptors (Lipinski definition) is 4. The molecule has 0 unspecified atom stereocenters. The highest BCUT2D eigenvalue weighted by Gasteiger charge is 2.16. The second kappa shape index (κ2) is 9.91. The summed E-state index contributed by atoms with van der Waals surface area (Å²) < 4.78 is 8.50. The molecule has 1 aromatic carbocycles. The number of aromatic nitrogens is 2. The monoisotopic (exact) mass is 470 g/mol. The van der Waals surface area contributed by atoms with Gasteiger partial charge in [-0.15, -0.1) is 0 Å². The molecule has 26 heavy (non-hydrogen) atoms. The van der Waals surface area contributed by atoms with E-state index >= 15 is 0 Å². The quantitative estimate of drug-likeness (QED) is 0.296. The van der Waals surface area contributed by atoms with Gasteiger partial charge in [0.1, 0.15) is 11.4 Å². The fourth-order valence-electron chi connectivity index (χ4n) is 2.50. The van der Waals surface area contributed by atoms with E-state index in [0.717, 1.165) is 36.3 Å². The topological polar surface area (TPSA) is 79.0 Å². The van der Waals surface area contributed by atoms with Gasteiger partial charge < -0.3 is 15.0 Å². The average Bonchev–Trinajstić information content (AvgIpc) is 3.07. The van der Waals surface area contributed by atoms with Crippen molar-refractivity contribution in [3.8, 4) is 11.3 Å². The molecule has 2 rings (SSSR count). The van der Waals surface area contributed by atoms with E-state index in [-0.39, 0.29) is 12.1 Å². The van der Waals surface area contributed by atoms with E-state index in [2.05, 4.69) is 53.8 Å². The number of aromatic amines is 1. The van der Waals surface area contributed by atoms with Gasteiger partial charge in [0.05, 0.1) is 17.9 Å². The van der Waals surface area contributed by atoms with Crippen LogP contribution in [0.2, 0.25) is 0 Å². The van der Waals surface area contributed by atoms with Crippen LogP contribution in [0.3, 0.4) is 0 Å². The Morgan fingerprint density at radius 3 is 2.65 bits per heavy atom. The lowest BCUT2D eigenvalue weighted by Crippen LogP contribution is -2.33. The maximum atomic E-state index is 11.6. The second-order valence-corrected chi connectivity index (χ2v) is 7.76. The molecule has 0 bridgehead atoms. The van der Waals surface area contributed by atoms with Gasteiger partial charge in [-0.2, -0.15) is 0 Å². The maximum Gasteiger partial charge on any atom is 0.407 e. The molecular formula is C19H27IN4O2. The van der Waals surface area contributed by atoms with E-state index in [1.165, 1.54) is 0 Å². The minimum Gasteiger partial charge on any atom is -0.444 e. The van der Waals surface area contributed by atoms with Crippen LogP contribution in [0.4, 0.5) is 4.79 Å². The Balaban J connectivity index is 1.76. The minimum atomic E-state index is -0.462. The molecule has 0 aliphatic rings. The number of H-pyrrole nitrogens is 1. The van der Waals surface area contributed by atoms with Crippen LogP contribution in [0.1, 0.15) is 51.9 Å². The van der Waals surface area contributed by atoms with Crippen molar-refractivity contribution in [3.63, 3.8) is 0 Å². The van der Waals surface area contributed by atoms with E-state index in [9.17, 15) is 4.79 Å². The van der Waals surface area contributed by atoms with Gasteiger partial charge in [0.15, 0.2) is 0 Å². The molecule has 0 aliphatic heterocycles. The number of ether oxygens (including phenoxy) is 1. The molecule has 0 spiro atoms. The van der Waals surface area contributed by atoms with Gasteiger partial charge in [-0.25, -0.2) is 9.78 Å². The number of imidazole rings is 1. The van der Waals surface area contributed by atoms with Crippen molar-refractivity contribution in [1.82, 2.24) is 18.8 Å². The maximum absolute atomic E-state index is 11.6. The number of hydrogen-bond donors (Lipinski definition) is 3. The molecule has 7 heteroatoms. The lowest BCUT2D eigenvalue weighted by atomic mass is 10.1. The van der Waals surface area contributed by atoms with Crippen molar-refractivity contribution in [1.29, 1.82) is 0 Å². The first-order valence-electron chi connectivity index (χ1n) is 8.82. The van der Waals surface area contributed by atoms with Crippen LogP contribution in [0.15, 0.2) is 36.5 Å². The Bertz CT molecular complexity index is 682. The summed E-state index contributed by atoms with van der Waals surface area (Å²) in [7, 11) is 0. The number of unbranched alkanes of at least 4 members (excludes halogenated alkanes) is 1. The first kappa shape index (κ1) is 20.7. The zero-order chi connectivity index (χ0) is 19.0. The van der Waals surface area contributed by atoms with Gasteiger partial charge in [-0.3, -0.25) is 3.53 Å².